The molecule has 0 aromatic carbocycles. The summed E-state index contributed by atoms with van der Waals surface area (Å²) in [5, 5.41) is 0. The van der Waals surface area contributed by atoms with Crippen LogP contribution in [0.4, 0.5) is 0 Å². The Kier molecular flexibility index (Phi) is 4.24. The summed E-state index contributed by atoms with van der Waals surface area (Å²) < 4.78 is 7.20. The number of aromatic nitrogens is 2. The molecule has 1 aromatic rings. The maximum absolute atomic E-state index is 5.66. The second-order valence-corrected chi connectivity index (χ2v) is 6.51. The van der Waals surface area contributed by atoms with Crippen LogP contribution >= 0.6 is 28.1 Å². The summed E-state index contributed by atoms with van der Waals surface area (Å²) in [5.74, 6) is 1.46. The SMILES string of the molecule is COC1(c2nc(=S)c(Br)c(CC(C)C)[nH]2)CCC1. The molecule has 18 heavy (non-hydrogen) atoms. The van der Waals surface area contributed by atoms with Gasteiger partial charge in [-0.2, -0.15) is 0 Å². The molecule has 0 atom stereocenters. The molecule has 0 spiro atoms. The van der Waals surface area contributed by atoms with Crippen molar-refractivity contribution in [2.24, 2.45) is 5.92 Å². The van der Waals surface area contributed by atoms with Crippen molar-refractivity contribution in [3.63, 3.8) is 0 Å². The van der Waals surface area contributed by atoms with Crippen molar-refractivity contribution in [3.8, 4) is 0 Å². The number of nitrogens with one attached hydrogen (secondary N) is 1. The first-order chi connectivity index (χ1) is 8.48. The molecule has 0 unspecified atom stereocenters. The van der Waals surface area contributed by atoms with Crippen molar-refractivity contribution >= 4 is 28.1 Å². The monoisotopic (exact) mass is 330 g/mol. The molecule has 0 amide bonds. The highest BCUT2D eigenvalue weighted by atomic mass is 79.9. The molecule has 1 fully saturated rings. The second kappa shape index (κ2) is 5.39. The van der Waals surface area contributed by atoms with Gasteiger partial charge in [-0.1, -0.05) is 26.1 Å². The van der Waals surface area contributed by atoms with Gasteiger partial charge in [0.15, 0.2) is 0 Å². The maximum Gasteiger partial charge on any atom is 0.144 e. The van der Waals surface area contributed by atoms with Crippen LogP contribution in [0.25, 0.3) is 0 Å². The first-order valence-electron chi connectivity index (χ1n) is 6.33. The fourth-order valence-corrected chi connectivity index (χ4v) is 2.87. The molecule has 5 heteroatoms. The van der Waals surface area contributed by atoms with Crippen LogP contribution in [0.5, 0.6) is 0 Å². The molecular weight excluding hydrogens is 312 g/mol. The van der Waals surface area contributed by atoms with E-state index >= 15 is 0 Å². The predicted octanol–water partition coefficient (Wildman–Crippen LogP) is 4.13. The van der Waals surface area contributed by atoms with E-state index in [1.54, 1.807) is 7.11 Å². The van der Waals surface area contributed by atoms with Crippen molar-refractivity contribution in [2.45, 2.75) is 45.1 Å². The molecule has 0 bridgehead atoms. The van der Waals surface area contributed by atoms with Gasteiger partial charge in [-0.25, -0.2) is 4.98 Å². The van der Waals surface area contributed by atoms with Gasteiger partial charge in [0.25, 0.3) is 0 Å². The lowest BCUT2D eigenvalue weighted by molar-refractivity contribution is -0.0849. The van der Waals surface area contributed by atoms with E-state index in [0.717, 1.165) is 35.3 Å². The second-order valence-electron chi connectivity index (χ2n) is 5.33. The molecule has 0 saturated heterocycles. The molecular formula is C13H19BrN2OS. The number of H-pyrrole nitrogens is 1. The van der Waals surface area contributed by atoms with Crippen LogP contribution in [0.3, 0.4) is 0 Å². The van der Waals surface area contributed by atoms with Crippen LogP contribution in [-0.2, 0) is 16.8 Å². The standard InChI is InChI=1S/C13H19BrN2OS/c1-8(2)7-9-10(14)11(18)16-12(15-9)13(17-3)5-4-6-13/h8H,4-7H2,1-3H3,(H,15,16,18). The highest BCUT2D eigenvalue weighted by molar-refractivity contribution is 9.10. The average molecular weight is 331 g/mol. The third-order valence-electron chi connectivity index (χ3n) is 3.53. The highest BCUT2D eigenvalue weighted by Gasteiger charge is 2.41. The van der Waals surface area contributed by atoms with Crippen LogP contribution in [0.2, 0.25) is 0 Å². The minimum atomic E-state index is -0.236. The number of halogens is 1. The Morgan fingerprint density at radius 2 is 2.17 bits per heavy atom. The van der Waals surface area contributed by atoms with Gasteiger partial charge in [0.2, 0.25) is 0 Å². The lowest BCUT2D eigenvalue weighted by Crippen LogP contribution is -2.38. The van der Waals surface area contributed by atoms with Crippen LogP contribution in [-0.4, -0.2) is 17.1 Å². The summed E-state index contributed by atoms with van der Waals surface area (Å²) in [4.78, 5) is 7.92. The van der Waals surface area contributed by atoms with Gasteiger partial charge in [-0.15, -0.1) is 0 Å². The van der Waals surface area contributed by atoms with Gasteiger partial charge in [0.05, 0.1) is 4.47 Å². The summed E-state index contributed by atoms with van der Waals surface area (Å²) in [7, 11) is 1.75. The van der Waals surface area contributed by atoms with E-state index in [0.29, 0.717) is 10.6 Å². The third kappa shape index (κ3) is 2.53. The number of rotatable bonds is 4. The summed E-state index contributed by atoms with van der Waals surface area (Å²) in [5.41, 5.74) is 0.892. The molecule has 1 aliphatic carbocycles. The number of aromatic amines is 1. The molecule has 1 aliphatic rings. The largest absolute Gasteiger partial charge is 0.370 e. The van der Waals surface area contributed by atoms with E-state index < -0.39 is 0 Å². The van der Waals surface area contributed by atoms with Crippen LogP contribution in [0, 0.1) is 10.6 Å². The van der Waals surface area contributed by atoms with Crippen LogP contribution < -0.4 is 0 Å². The first kappa shape index (κ1) is 14.2. The Labute approximate surface area is 121 Å². The van der Waals surface area contributed by atoms with Gasteiger partial charge < -0.3 is 9.72 Å². The minimum Gasteiger partial charge on any atom is -0.370 e. The molecule has 0 aliphatic heterocycles. The Bertz CT molecular complexity index is 489. The number of hydrogen-bond acceptors (Lipinski definition) is 3. The van der Waals surface area contributed by atoms with E-state index in [1.807, 2.05) is 0 Å². The van der Waals surface area contributed by atoms with E-state index in [1.165, 1.54) is 6.42 Å². The summed E-state index contributed by atoms with van der Waals surface area (Å²) >= 11 is 8.87. The molecule has 1 N–H and O–H groups in total. The summed E-state index contributed by atoms with van der Waals surface area (Å²) in [6.45, 7) is 4.39. The zero-order chi connectivity index (χ0) is 13.3. The van der Waals surface area contributed by atoms with Crippen molar-refractivity contribution in [3.05, 3.63) is 20.6 Å². The third-order valence-corrected chi connectivity index (χ3v) is 4.94. The summed E-state index contributed by atoms with van der Waals surface area (Å²) in [6, 6.07) is 0. The van der Waals surface area contributed by atoms with E-state index in [-0.39, 0.29) is 5.60 Å². The Morgan fingerprint density at radius 3 is 2.61 bits per heavy atom. The van der Waals surface area contributed by atoms with E-state index in [4.69, 9.17) is 17.0 Å². The molecule has 0 radical (unpaired) electrons. The van der Waals surface area contributed by atoms with Crippen molar-refractivity contribution in [1.82, 2.24) is 9.97 Å². The Hall–Kier alpha value is -0.260. The quantitative estimate of drug-likeness (QED) is 0.843. The van der Waals surface area contributed by atoms with Gasteiger partial charge >= 0.3 is 0 Å². The number of nitrogens with zero attached hydrogens (tertiary/aromatic N) is 1. The molecule has 3 nitrogen and oxygen atoms in total. The highest BCUT2D eigenvalue weighted by Crippen LogP contribution is 2.43. The number of hydrogen-bond donors (Lipinski definition) is 1. The molecule has 1 heterocycles. The summed E-state index contributed by atoms with van der Waals surface area (Å²) in [6.07, 6.45) is 4.18. The maximum atomic E-state index is 5.66. The zero-order valence-corrected chi connectivity index (χ0v) is 13.4. The van der Waals surface area contributed by atoms with E-state index in [2.05, 4.69) is 39.7 Å². The lowest BCUT2D eigenvalue weighted by Gasteiger charge is -2.39. The molecule has 2 rings (SSSR count). The Balaban J connectivity index is 2.44. The van der Waals surface area contributed by atoms with Crippen molar-refractivity contribution < 1.29 is 4.74 Å². The molecule has 1 aromatic heterocycles. The van der Waals surface area contributed by atoms with Gasteiger partial charge in [-0.3, -0.25) is 0 Å². The zero-order valence-electron chi connectivity index (χ0n) is 11.0. The normalized spacial score (nSPS) is 17.8. The number of ether oxygens (including phenoxy) is 1. The fourth-order valence-electron chi connectivity index (χ4n) is 2.31. The molecule has 100 valence electrons. The first-order valence-corrected chi connectivity index (χ1v) is 7.53. The average Bonchev–Trinajstić information content (AvgIpc) is 2.23. The Morgan fingerprint density at radius 1 is 1.50 bits per heavy atom. The molecule has 1 saturated carbocycles. The van der Waals surface area contributed by atoms with Gasteiger partial charge in [-0.05, 0) is 47.5 Å². The minimum absolute atomic E-state index is 0.236. The lowest BCUT2D eigenvalue weighted by atomic mass is 9.79. The topological polar surface area (TPSA) is 37.9 Å². The van der Waals surface area contributed by atoms with Crippen molar-refractivity contribution in [2.75, 3.05) is 7.11 Å². The fraction of sp³-hybridized carbons (Fsp3) is 0.692. The number of methoxy groups -OCH3 is 1. The smallest absolute Gasteiger partial charge is 0.144 e. The van der Waals surface area contributed by atoms with Gasteiger partial charge in [0.1, 0.15) is 16.1 Å². The van der Waals surface area contributed by atoms with Gasteiger partial charge in [0, 0.05) is 12.8 Å². The van der Waals surface area contributed by atoms with E-state index in [9.17, 15) is 0 Å². The predicted molar refractivity (Wildman–Crippen MR) is 78.2 cm³/mol. The van der Waals surface area contributed by atoms with Crippen LogP contribution in [0.15, 0.2) is 4.47 Å². The van der Waals surface area contributed by atoms with Crippen molar-refractivity contribution in [1.29, 1.82) is 0 Å². The van der Waals surface area contributed by atoms with Crippen LogP contribution in [0.1, 0.15) is 44.6 Å².